The number of carbonyl (C=O) groups excluding carboxylic acids is 1. The number of carboxylic acid groups (broad SMARTS) is 1. The van der Waals surface area contributed by atoms with Gasteiger partial charge in [0.05, 0.1) is 11.1 Å². The highest BCUT2D eigenvalue weighted by Crippen LogP contribution is 2.50. The number of aromatic nitrogens is 1. The number of para-hydroxylation sites is 1. The van der Waals surface area contributed by atoms with Crippen molar-refractivity contribution in [2.75, 3.05) is 0 Å². The Labute approximate surface area is 181 Å². The van der Waals surface area contributed by atoms with Gasteiger partial charge in [-0.1, -0.05) is 43.5 Å². The number of carbonyl (C=O) groups is 2. The van der Waals surface area contributed by atoms with E-state index in [1.54, 1.807) is 6.08 Å². The summed E-state index contributed by atoms with van der Waals surface area (Å²) in [5.41, 5.74) is 6.06. The normalized spacial score (nSPS) is 25.8. The van der Waals surface area contributed by atoms with Crippen LogP contribution in [0, 0.1) is 5.92 Å². The van der Waals surface area contributed by atoms with Crippen molar-refractivity contribution in [2.24, 2.45) is 5.92 Å². The van der Waals surface area contributed by atoms with E-state index in [9.17, 15) is 14.7 Å². The average Bonchev–Trinajstić information content (AvgIpc) is 3.33. The lowest BCUT2D eigenvalue weighted by molar-refractivity contribution is -0.132. The van der Waals surface area contributed by atoms with Crippen LogP contribution in [0.3, 0.4) is 0 Å². The number of benzene rings is 1. The SMILES string of the molecule is O=C1CCC2C3=CC=C(C(=O)O)C3=Cn3c(cc4cccc(C5CCCCC5)c43)C2C1. The molecule has 4 heteroatoms. The summed E-state index contributed by atoms with van der Waals surface area (Å²) < 4.78 is 2.26. The molecule has 4 nitrogen and oxygen atoms in total. The van der Waals surface area contributed by atoms with Crippen LogP contribution in [-0.4, -0.2) is 21.4 Å². The average molecular weight is 414 g/mol. The molecule has 0 radical (unpaired) electrons. The molecule has 1 aliphatic heterocycles. The molecule has 2 aromatic rings. The minimum absolute atomic E-state index is 0.106. The van der Waals surface area contributed by atoms with Gasteiger partial charge < -0.3 is 9.67 Å². The first kappa shape index (κ1) is 18.9. The van der Waals surface area contributed by atoms with E-state index in [0.29, 0.717) is 30.1 Å². The summed E-state index contributed by atoms with van der Waals surface area (Å²) in [6.07, 6.45) is 14.0. The van der Waals surface area contributed by atoms with Crippen LogP contribution in [-0.2, 0) is 9.59 Å². The van der Waals surface area contributed by atoms with Crippen molar-refractivity contribution in [3.05, 3.63) is 64.4 Å². The fraction of sp³-hybridized carbons (Fsp3) is 0.407. The van der Waals surface area contributed by atoms with Crippen molar-refractivity contribution < 1.29 is 14.7 Å². The molecule has 0 saturated heterocycles. The molecule has 2 unspecified atom stereocenters. The van der Waals surface area contributed by atoms with Crippen LogP contribution < -0.4 is 0 Å². The molecule has 4 aliphatic rings. The summed E-state index contributed by atoms with van der Waals surface area (Å²) in [4.78, 5) is 24.5. The van der Waals surface area contributed by atoms with E-state index < -0.39 is 5.97 Å². The molecular formula is C27H27NO3. The third-order valence-electron chi connectivity index (χ3n) is 7.93. The van der Waals surface area contributed by atoms with Gasteiger partial charge in [0.15, 0.2) is 0 Å². The van der Waals surface area contributed by atoms with Crippen LogP contribution in [0.5, 0.6) is 0 Å². The second-order valence-electron chi connectivity index (χ2n) is 9.60. The third-order valence-corrected chi connectivity index (χ3v) is 7.93. The summed E-state index contributed by atoms with van der Waals surface area (Å²) in [5.74, 6) is 0.289. The van der Waals surface area contributed by atoms with Gasteiger partial charge in [0.25, 0.3) is 0 Å². The summed E-state index contributed by atoms with van der Waals surface area (Å²) >= 11 is 0. The van der Waals surface area contributed by atoms with Crippen molar-refractivity contribution >= 4 is 28.9 Å². The lowest BCUT2D eigenvalue weighted by atomic mass is 9.72. The zero-order valence-electron chi connectivity index (χ0n) is 17.6. The quantitative estimate of drug-likeness (QED) is 0.662. The molecule has 3 aliphatic carbocycles. The third kappa shape index (κ3) is 2.88. The number of allylic oxidation sites excluding steroid dienone is 3. The van der Waals surface area contributed by atoms with Crippen molar-refractivity contribution in [3.63, 3.8) is 0 Å². The molecule has 1 aromatic carbocycles. The van der Waals surface area contributed by atoms with Crippen LogP contribution >= 0.6 is 0 Å². The Bertz CT molecular complexity index is 1200. The molecule has 2 atom stereocenters. The maximum atomic E-state index is 12.5. The number of nitrogens with zero attached hydrogens (tertiary/aromatic N) is 1. The molecule has 0 bridgehead atoms. The second kappa shape index (κ2) is 7.08. The van der Waals surface area contributed by atoms with Gasteiger partial charge in [-0.3, -0.25) is 4.79 Å². The van der Waals surface area contributed by atoms with Crippen molar-refractivity contribution in [1.29, 1.82) is 0 Å². The molecule has 6 rings (SSSR count). The molecule has 31 heavy (non-hydrogen) atoms. The van der Waals surface area contributed by atoms with E-state index in [2.05, 4.69) is 35.0 Å². The van der Waals surface area contributed by atoms with Gasteiger partial charge in [-0.25, -0.2) is 4.79 Å². The molecule has 1 N–H and O–H groups in total. The Balaban J connectivity index is 1.61. The number of aliphatic carboxylic acids is 1. The highest BCUT2D eigenvalue weighted by Gasteiger charge is 2.40. The van der Waals surface area contributed by atoms with Crippen molar-refractivity contribution in [2.45, 2.75) is 63.2 Å². The first-order valence-corrected chi connectivity index (χ1v) is 11.6. The van der Waals surface area contributed by atoms with E-state index in [-0.39, 0.29) is 11.8 Å². The Morgan fingerprint density at radius 3 is 2.68 bits per heavy atom. The lowest BCUT2D eigenvalue weighted by Crippen LogP contribution is -2.25. The van der Waals surface area contributed by atoms with E-state index in [0.717, 1.165) is 17.6 Å². The second-order valence-corrected chi connectivity index (χ2v) is 9.60. The Hall–Kier alpha value is -2.88. The standard InChI is InChI=1S/C27H27NO3/c29-18-9-10-20-21-11-12-22(27(30)31)24(21)15-28-25(23(20)14-18)13-17-7-4-8-19(26(17)28)16-5-2-1-3-6-16/h4,7-8,11-13,15-16,20,23H,1-3,5-6,9-10,14H2,(H,30,31). The first-order chi connectivity index (χ1) is 15.1. The minimum Gasteiger partial charge on any atom is -0.478 e. The van der Waals surface area contributed by atoms with Crippen LogP contribution in [0.15, 0.2) is 53.1 Å². The topological polar surface area (TPSA) is 59.3 Å². The maximum absolute atomic E-state index is 12.5. The molecule has 0 spiro atoms. The predicted octanol–water partition coefficient (Wildman–Crippen LogP) is 5.95. The van der Waals surface area contributed by atoms with Gasteiger partial charge in [-0.05, 0) is 54.4 Å². The van der Waals surface area contributed by atoms with Gasteiger partial charge in [0, 0.05) is 41.6 Å². The number of rotatable bonds is 2. The van der Waals surface area contributed by atoms with Crippen LogP contribution in [0.1, 0.15) is 74.5 Å². The minimum atomic E-state index is -0.881. The predicted molar refractivity (Wildman–Crippen MR) is 121 cm³/mol. The summed E-state index contributed by atoms with van der Waals surface area (Å²) in [6.45, 7) is 0. The number of hydrogen-bond acceptors (Lipinski definition) is 2. The lowest BCUT2D eigenvalue weighted by Gasteiger charge is -2.31. The van der Waals surface area contributed by atoms with Gasteiger partial charge in [-0.15, -0.1) is 0 Å². The molecule has 1 aromatic heterocycles. The summed E-state index contributed by atoms with van der Waals surface area (Å²) in [6, 6.07) is 8.85. The summed E-state index contributed by atoms with van der Waals surface area (Å²) in [5, 5.41) is 11.1. The van der Waals surface area contributed by atoms with E-state index >= 15 is 0 Å². The van der Waals surface area contributed by atoms with Crippen LogP contribution in [0.25, 0.3) is 17.1 Å². The van der Waals surface area contributed by atoms with Crippen molar-refractivity contribution in [3.8, 4) is 0 Å². The number of Topliss-reactive ketones (excluding diaryl/α,β-unsaturated/α-hetero) is 1. The van der Waals surface area contributed by atoms with E-state index in [1.807, 2.05) is 6.08 Å². The summed E-state index contributed by atoms with van der Waals surface area (Å²) in [7, 11) is 0. The number of fused-ring (bicyclic) bond motifs is 7. The Morgan fingerprint density at radius 2 is 1.87 bits per heavy atom. The largest absolute Gasteiger partial charge is 0.478 e. The first-order valence-electron chi connectivity index (χ1n) is 11.6. The van der Waals surface area contributed by atoms with Crippen molar-refractivity contribution in [1.82, 2.24) is 4.57 Å². The molecule has 2 saturated carbocycles. The number of ketones is 1. The molecule has 158 valence electrons. The fourth-order valence-electron chi connectivity index (χ4n) is 6.48. The number of carboxylic acids is 1. The van der Waals surface area contributed by atoms with Crippen LogP contribution in [0.4, 0.5) is 0 Å². The maximum Gasteiger partial charge on any atom is 0.336 e. The Morgan fingerprint density at radius 1 is 1.03 bits per heavy atom. The fourth-order valence-corrected chi connectivity index (χ4v) is 6.48. The molecule has 0 amide bonds. The number of hydrogen-bond donors (Lipinski definition) is 1. The Kier molecular flexibility index (Phi) is 4.31. The molecule has 2 fully saturated rings. The molecule has 2 heterocycles. The van der Waals surface area contributed by atoms with Gasteiger partial charge in [0.1, 0.15) is 5.78 Å². The highest BCUT2D eigenvalue weighted by molar-refractivity contribution is 5.98. The zero-order valence-corrected chi connectivity index (χ0v) is 17.6. The smallest absolute Gasteiger partial charge is 0.336 e. The van der Waals surface area contributed by atoms with Gasteiger partial charge in [0.2, 0.25) is 0 Å². The van der Waals surface area contributed by atoms with Crippen LogP contribution in [0.2, 0.25) is 0 Å². The zero-order chi connectivity index (χ0) is 21.1. The van der Waals surface area contributed by atoms with Gasteiger partial charge in [-0.2, -0.15) is 0 Å². The highest BCUT2D eigenvalue weighted by atomic mass is 16.4. The molecular weight excluding hydrogens is 386 g/mol. The van der Waals surface area contributed by atoms with E-state index in [1.165, 1.54) is 54.3 Å². The van der Waals surface area contributed by atoms with E-state index in [4.69, 9.17) is 0 Å². The monoisotopic (exact) mass is 413 g/mol. The van der Waals surface area contributed by atoms with Gasteiger partial charge >= 0.3 is 5.97 Å².